The van der Waals surface area contributed by atoms with E-state index in [0.29, 0.717) is 12.0 Å². The van der Waals surface area contributed by atoms with Gasteiger partial charge in [-0.05, 0) is 36.9 Å². The Morgan fingerprint density at radius 1 is 1.12 bits per heavy atom. The lowest BCUT2D eigenvalue weighted by Crippen LogP contribution is -2.16. The summed E-state index contributed by atoms with van der Waals surface area (Å²) in [5.41, 5.74) is 3.02. The first kappa shape index (κ1) is 10.3. The summed E-state index contributed by atoms with van der Waals surface area (Å²) in [7, 11) is 0. The monoisotopic (exact) mass is 217 g/mol. The lowest BCUT2D eigenvalue weighted by molar-refractivity contribution is 0.193. The van der Waals surface area contributed by atoms with Crippen LogP contribution in [-0.2, 0) is 4.74 Å². The average Bonchev–Trinajstić information content (AvgIpc) is 3.03. The molecule has 1 aromatic rings. The summed E-state index contributed by atoms with van der Waals surface area (Å²) in [5, 5.41) is 3.60. The zero-order valence-electron chi connectivity index (χ0n) is 9.61. The molecule has 2 aliphatic heterocycles. The van der Waals surface area contributed by atoms with E-state index in [1.165, 1.54) is 36.9 Å². The van der Waals surface area contributed by atoms with E-state index in [4.69, 9.17) is 4.74 Å². The summed E-state index contributed by atoms with van der Waals surface area (Å²) >= 11 is 0. The second kappa shape index (κ2) is 4.56. The molecule has 0 spiro atoms. The summed E-state index contributed by atoms with van der Waals surface area (Å²) in [4.78, 5) is 0. The smallest absolute Gasteiger partial charge is 0.0535 e. The normalized spacial score (nSPS) is 29.8. The molecule has 1 N–H and O–H groups in total. The highest BCUT2D eigenvalue weighted by atomic mass is 16.5. The second-order valence-electron chi connectivity index (χ2n) is 4.84. The molecule has 2 nitrogen and oxygen atoms in total. The van der Waals surface area contributed by atoms with Crippen molar-refractivity contribution in [2.24, 2.45) is 0 Å². The first-order valence-electron chi connectivity index (χ1n) is 6.35. The Balaban J connectivity index is 1.90. The fraction of sp³-hybridized carbons (Fsp3) is 0.571. The highest BCUT2D eigenvalue weighted by molar-refractivity contribution is 5.34. The maximum Gasteiger partial charge on any atom is 0.0535 e. The summed E-state index contributed by atoms with van der Waals surface area (Å²) in [5.74, 6) is 0.624. The Kier molecular flexibility index (Phi) is 2.94. The van der Waals surface area contributed by atoms with Gasteiger partial charge < -0.3 is 10.1 Å². The minimum atomic E-state index is 0.580. The first-order valence-corrected chi connectivity index (χ1v) is 6.35. The van der Waals surface area contributed by atoms with Gasteiger partial charge in [-0.1, -0.05) is 24.3 Å². The van der Waals surface area contributed by atoms with Crippen molar-refractivity contribution in [1.82, 2.24) is 5.32 Å². The SMILES string of the molecule is c1ccc(C2CCCN2)c(C2CCOC2)c1. The van der Waals surface area contributed by atoms with Crippen LogP contribution in [0.25, 0.3) is 0 Å². The molecule has 3 rings (SSSR count). The van der Waals surface area contributed by atoms with Crippen LogP contribution in [0, 0.1) is 0 Å². The van der Waals surface area contributed by atoms with E-state index in [0.717, 1.165) is 13.2 Å². The average molecular weight is 217 g/mol. The Bertz CT molecular complexity index is 317. The van der Waals surface area contributed by atoms with Gasteiger partial charge in [0.2, 0.25) is 0 Å². The quantitative estimate of drug-likeness (QED) is 0.822. The number of ether oxygens (including phenoxy) is 1. The van der Waals surface area contributed by atoms with E-state index >= 15 is 0 Å². The molecule has 0 amide bonds. The molecule has 0 bridgehead atoms. The highest BCUT2D eigenvalue weighted by Crippen LogP contribution is 2.33. The van der Waals surface area contributed by atoms with E-state index in [2.05, 4.69) is 29.6 Å². The predicted octanol–water partition coefficient (Wildman–Crippen LogP) is 2.62. The molecule has 2 heterocycles. The lowest BCUT2D eigenvalue weighted by Gasteiger charge is -2.19. The molecule has 0 saturated carbocycles. The molecular formula is C14H19NO. The largest absolute Gasteiger partial charge is 0.381 e. The lowest BCUT2D eigenvalue weighted by atomic mass is 9.89. The molecule has 2 unspecified atom stereocenters. The van der Waals surface area contributed by atoms with Gasteiger partial charge >= 0.3 is 0 Å². The van der Waals surface area contributed by atoms with Crippen LogP contribution in [-0.4, -0.2) is 19.8 Å². The fourth-order valence-electron chi connectivity index (χ4n) is 2.93. The van der Waals surface area contributed by atoms with Gasteiger partial charge in [0.25, 0.3) is 0 Å². The van der Waals surface area contributed by atoms with Gasteiger partial charge in [0.15, 0.2) is 0 Å². The molecular weight excluding hydrogens is 198 g/mol. The number of rotatable bonds is 2. The van der Waals surface area contributed by atoms with Crippen molar-refractivity contribution in [2.75, 3.05) is 19.8 Å². The zero-order chi connectivity index (χ0) is 10.8. The van der Waals surface area contributed by atoms with Crippen molar-refractivity contribution in [3.63, 3.8) is 0 Å². The van der Waals surface area contributed by atoms with Crippen LogP contribution >= 0.6 is 0 Å². The van der Waals surface area contributed by atoms with Gasteiger partial charge in [-0.3, -0.25) is 0 Å². The van der Waals surface area contributed by atoms with Crippen LogP contribution in [0.1, 0.15) is 42.3 Å². The third-order valence-electron chi connectivity index (χ3n) is 3.80. The molecule has 0 aliphatic carbocycles. The van der Waals surface area contributed by atoms with Gasteiger partial charge in [-0.25, -0.2) is 0 Å². The van der Waals surface area contributed by atoms with Crippen LogP contribution in [0.2, 0.25) is 0 Å². The number of hydrogen-bond donors (Lipinski definition) is 1. The van der Waals surface area contributed by atoms with Crippen LogP contribution < -0.4 is 5.32 Å². The molecule has 2 fully saturated rings. The Morgan fingerprint density at radius 2 is 2.00 bits per heavy atom. The van der Waals surface area contributed by atoms with E-state index in [-0.39, 0.29) is 0 Å². The van der Waals surface area contributed by atoms with Crippen LogP contribution in [0.3, 0.4) is 0 Å². The van der Waals surface area contributed by atoms with Crippen LogP contribution in [0.4, 0.5) is 0 Å². The van der Waals surface area contributed by atoms with Crippen molar-refractivity contribution in [2.45, 2.75) is 31.2 Å². The topological polar surface area (TPSA) is 21.3 Å². The molecule has 2 heteroatoms. The maximum atomic E-state index is 5.51. The summed E-state index contributed by atoms with van der Waals surface area (Å²) in [6, 6.07) is 9.48. The summed E-state index contributed by atoms with van der Waals surface area (Å²) in [6.45, 7) is 3.00. The third-order valence-corrected chi connectivity index (χ3v) is 3.80. The van der Waals surface area contributed by atoms with Crippen molar-refractivity contribution in [1.29, 1.82) is 0 Å². The first-order chi connectivity index (χ1) is 7.95. The van der Waals surface area contributed by atoms with Gasteiger partial charge in [-0.2, -0.15) is 0 Å². The number of benzene rings is 1. The van der Waals surface area contributed by atoms with Crippen LogP contribution in [0.5, 0.6) is 0 Å². The van der Waals surface area contributed by atoms with Crippen molar-refractivity contribution in [3.8, 4) is 0 Å². The van der Waals surface area contributed by atoms with Crippen molar-refractivity contribution >= 4 is 0 Å². The van der Waals surface area contributed by atoms with E-state index < -0.39 is 0 Å². The molecule has 86 valence electrons. The van der Waals surface area contributed by atoms with Crippen molar-refractivity contribution < 1.29 is 4.74 Å². The molecule has 16 heavy (non-hydrogen) atoms. The minimum Gasteiger partial charge on any atom is -0.381 e. The summed E-state index contributed by atoms with van der Waals surface area (Å²) < 4.78 is 5.51. The Morgan fingerprint density at radius 3 is 2.69 bits per heavy atom. The molecule has 2 aliphatic rings. The molecule has 1 aromatic carbocycles. The molecule has 0 aromatic heterocycles. The Hall–Kier alpha value is -0.860. The van der Waals surface area contributed by atoms with Crippen LogP contribution in [0.15, 0.2) is 24.3 Å². The van der Waals surface area contributed by atoms with Gasteiger partial charge in [0.1, 0.15) is 0 Å². The highest BCUT2D eigenvalue weighted by Gasteiger charge is 2.24. The standard InChI is InChI=1S/C14H19NO/c1-2-5-13(14-6-3-8-15-14)12(4-1)11-7-9-16-10-11/h1-2,4-5,11,14-15H,3,6-10H2. The fourth-order valence-corrected chi connectivity index (χ4v) is 2.93. The number of hydrogen-bond acceptors (Lipinski definition) is 2. The van der Waals surface area contributed by atoms with Crippen molar-refractivity contribution in [3.05, 3.63) is 35.4 Å². The minimum absolute atomic E-state index is 0.580. The Labute approximate surface area is 97.0 Å². The summed E-state index contributed by atoms with van der Waals surface area (Å²) in [6.07, 6.45) is 3.77. The molecule has 2 atom stereocenters. The molecule has 0 radical (unpaired) electrons. The van der Waals surface area contributed by atoms with Gasteiger partial charge in [0, 0.05) is 18.6 Å². The van der Waals surface area contributed by atoms with E-state index in [1.54, 1.807) is 0 Å². The second-order valence-corrected chi connectivity index (χ2v) is 4.84. The zero-order valence-corrected chi connectivity index (χ0v) is 9.61. The number of nitrogens with one attached hydrogen (secondary N) is 1. The third kappa shape index (κ3) is 1.87. The van der Waals surface area contributed by atoms with E-state index in [1.807, 2.05) is 0 Å². The van der Waals surface area contributed by atoms with E-state index in [9.17, 15) is 0 Å². The predicted molar refractivity (Wildman–Crippen MR) is 64.6 cm³/mol. The maximum absolute atomic E-state index is 5.51. The van der Waals surface area contributed by atoms with Gasteiger partial charge in [-0.15, -0.1) is 0 Å². The molecule has 2 saturated heterocycles. The van der Waals surface area contributed by atoms with Gasteiger partial charge in [0.05, 0.1) is 6.61 Å².